The molecule has 3 aliphatic carbocycles. The lowest BCUT2D eigenvalue weighted by molar-refractivity contribution is -0.184. The van der Waals surface area contributed by atoms with Crippen molar-refractivity contribution in [2.24, 2.45) is 41.4 Å². The molecule has 0 radical (unpaired) electrons. The summed E-state index contributed by atoms with van der Waals surface area (Å²) < 4.78 is 48.6. The van der Waals surface area contributed by atoms with Gasteiger partial charge in [0.15, 0.2) is 0 Å². The van der Waals surface area contributed by atoms with Crippen LogP contribution in [0, 0.1) is 41.4 Å². The van der Waals surface area contributed by atoms with Crippen molar-refractivity contribution in [3.8, 4) is 0 Å². The highest BCUT2D eigenvalue weighted by Gasteiger charge is 2.54. The van der Waals surface area contributed by atoms with E-state index in [-0.39, 0.29) is 109 Å². The van der Waals surface area contributed by atoms with E-state index in [9.17, 15) is 41.9 Å². The van der Waals surface area contributed by atoms with Gasteiger partial charge in [-0.1, -0.05) is 73.0 Å². The average Bonchev–Trinajstić information content (AvgIpc) is 1.58. The molecule has 13 atom stereocenters. The minimum Gasteiger partial charge on any atom is -0.377 e. The van der Waals surface area contributed by atoms with Gasteiger partial charge in [0, 0.05) is 87.7 Å². The lowest BCUT2D eigenvalue weighted by atomic mass is 9.74. The van der Waals surface area contributed by atoms with Crippen molar-refractivity contribution in [1.29, 1.82) is 0 Å². The molecule has 3 N–H and O–H groups in total. The second-order valence-corrected chi connectivity index (χ2v) is 33.2. The molecule has 4 heterocycles. The molecule has 7 rings (SSSR count). The molecule has 3 saturated carbocycles. The Labute approximate surface area is 625 Å². The standard InChI is InChI=1S/C76H123F3N12O13S/c1-16-47(7)64-72(101)85(11)45-63(94)86(12)55-24-21-20-22-36-90(71(55)100)59(40-49-25-29-52(30-26-49)76(77,78)79)70(99)84(10)44-61(92)80-54(31-27-48-28-32-60-51(39-48)33-37-105-60)68(97)91-43-53(104-19-4)41-57(91)67(96)82-75(34-23-35-75)74(103)89(15)65(50(17-2)18-3)73(102)88(14)58(69(98)83(8)9)42-62(93)87(13)56(38-46(5)6)66(95)81-64/h20-21,46-60,64-65H,16-19,22-45H2,1-15H3,(H,80,92)(H,81,95)(H,82,96)/b21-20-/t47-,48?,49?,51?,52?,53+,54-,55-,56-,57-,58-,59-,60?,64-,65-/m0/s1. The third kappa shape index (κ3) is 21.0. The van der Waals surface area contributed by atoms with Gasteiger partial charge in [-0.25, -0.2) is 0 Å². The first kappa shape index (κ1) is 85.7. The van der Waals surface area contributed by atoms with E-state index in [2.05, 4.69) is 16.0 Å². The van der Waals surface area contributed by atoms with Crippen LogP contribution in [0.2, 0.25) is 0 Å². The molecule has 1 spiro atoms. The van der Waals surface area contributed by atoms with Crippen molar-refractivity contribution in [2.45, 2.75) is 261 Å². The minimum absolute atomic E-state index is 0.0207. The van der Waals surface area contributed by atoms with Crippen LogP contribution in [0.1, 0.15) is 190 Å². The molecule has 0 aromatic rings. The topological polar surface area (TPSA) is 279 Å². The molecule has 105 heavy (non-hydrogen) atoms. The number of halogens is 3. The van der Waals surface area contributed by atoms with E-state index in [1.807, 2.05) is 46.4 Å². The van der Waals surface area contributed by atoms with Crippen LogP contribution in [-0.2, 0) is 62.3 Å². The summed E-state index contributed by atoms with van der Waals surface area (Å²) in [5, 5.41) is 9.51. The summed E-state index contributed by atoms with van der Waals surface area (Å²) in [5.41, 5.74) is -1.55. The third-order valence-corrected chi connectivity index (χ3v) is 25.6. The van der Waals surface area contributed by atoms with Crippen LogP contribution in [0.4, 0.5) is 13.2 Å². The number of likely N-dealkylation sites (N-methyl/N-ethyl adjacent to an activating group) is 7. The van der Waals surface area contributed by atoms with Gasteiger partial charge < -0.3 is 64.8 Å². The van der Waals surface area contributed by atoms with E-state index in [4.69, 9.17) is 4.74 Å². The Kier molecular flexibility index (Phi) is 31.0. The average molecular weight is 1500 g/mol. The molecule has 0 aromatic carbocycles. The number of hydrogen-bond acceptors (Lipinski definition) is 14. The zero-order valence-electron chi connectivity index (χ0n) is 65.1. The molecule has 7 aliphatic rings. The first-order valence-electron chi connectivity index (χ1n) is 38.8. The van der Waals surface area contributed by atoms with Crippen molar-refractivity contribution in [2.75, 3.05) is 94.9 Å². The molecule has 6 fully saturated rings. The molecule has 29 heteroatoms. The van der Waals surface area contributed by atoms with Crippen molar-refractivity contribution in [1.82, 2.24) is 60.0 Å². The number of ether oxygens (including phenoxy) is 1. The predicted molar refractivity (Wildman–Crippen MR) is 393 cm³/mol. The van der Waals surface area contributed by atoms with E-state index in [1.54, 1.807) is 26.0 Å². The summed E-state index contributed by atoms with van der Waals surface area (Å²) in [6.07, 6.45) is 4.78. The molecule has 0 aromatic heterocycles. The van der Waals surface area contributed by atoms with Crippen LogP contribution < -0.4 is 16.0 Å². The first-order valence-corrected chi connectivity index (χ1v) is 39.8. The van der Waals surface area contributed by atoms with Crippen LogP contribution in [0.15, 0.2) is 12.2 Å². The van der Waals surface area contributed by atoms with Gasteiger partial charge in [0.2, 0.25) is 70.9 Å². The Morgan fingerprint density at radius 3 is 1.93 bits per heavy atom. The molecule has 3 saturated heterocycles. The quantitative estimate of drug-likeness (QED) is 0.153. The number of nitrogens with one attached hydrogen (secondary N) is 3. The summed E-state index contributed by atoms with van der Waals surface area (Å²) in [7, 11) is 11.4. The smallest absolute Gasteiger partial charge is 0.377 e. The number of alkyl halides is 3. The Morgan fingerprint density at radius 2 is 1.33 bits per heavy atom. The summed E-state index contributed by atoms with van der Waals surface area (Å²) in [4.78, 5) is 193. The molecular weight excluding hydrogens is 1380 g/mol. The van der Waals surface area contributed by atoms with Crippen LogP contribution in [0.3, 0.4) is 0 Å². The summed E-state index contributed by atoms with van der Waals surface area (Å²) >= 11 is 1.99. The zero-order valence-corrected chi connectivity index (χ0v) is 66.0. The molecule has 25 nitrogen and oxygen atoms in total. The van der Waals surface area contributed by atoms with Crippen molar-refractivity contribution >= 4 is 82.6 Å². The number of carbonyl (C=O) groups excluding carboxylic acids is 12. The van der Waals surface area contributed by atoms with E-state index < -0.39 is 180 Å². The molecular formula is C76H123F3N12O13S. The maximum atomic E-state index is 15.7. The van der Waals surface area contributed by atoms with Crippen LogP contribution in [-0.4, -0.2) is 281 Å². The molecule has 2 bridgehead atoms. The monoisotopic (exact) mass is 1500 g/mol. The van der Waals surface area contributed by atoms with E-state index >= 15 is 28.8 Å². The van der Waals surface area contributed by atoms with Crippen LogP contribution >= 0.6 is 11.8 Å². The Hall–Kier alpha value is -6.52. The van der Waals surface area contributed by atoms with Crippen LogP contribution in [0.5, 0.6) is 0 Å². The number of carbonyl (C=O) groups is 12. The number of rotatable bonds is 15. The zero-order chi connectivity index (χ0) is 77.7. The third-order valence-electron chi connectivity index (χ3n) is 24.1. The van der Waals surface area contributed by atoms with E-state index in [1.165, 1.54) is 90.7 Å². The molecule has 12 amide bonds. The fourth-order valence-corrected chi connectivity index (χ4v) is 18.6. The van der Waals surface area contributed by atoms with Gasteiger partial charge in [0.1, 0.15) is 53.9 Å². The number of hydrogen-bond donors (Lipinski definition) is 3. The Balaban J connectivity index is 1.31. The number of fused-ring (bicyclic) bond motifs is 4. The number of amides is 12. The second-order valence-electron chi connectivity index (χ2n) is 31.9. The highest BCUT2D eigenvalue weighted by molar-refractivity contribution is 8.00. The fraction of sp³-hybridized carbons (Fsp3) is 0.816. The van der Waals surface area contributed by atoms with Crippen molar-refractivity contribution in [3.63, 3.8) is 0 Å². The fourth-order valence-electron chi connectivity index (χ4n) is 17.1. The Bertz CT molecular complexity index is 3110. The van der Waals surface area contributed by atoms with Crippen molar-refractivity contribution < 1.29 is 75.4 Å². The molecule has 592 valence electrons. The van der Waals surface area contributed by atoms with E-state index in [0.29, 0.717) is 43.3 Å². The SMILES string of the molecule is CCO[C@@H]1C[C@H]2C(=O)NC3(CCC3)C(=O)N(C)[C@@H](C(CC)CC)C(=O)N(C)[C@H](C(=O)N(C)C)CC(=O)N(C)[C@@H](CC(C)C)C(=O)N[C@@H]([C@@H](C)CC)C(=O)N(C)CC(=O)N(C)[C@H]3C/C=C\CCN(C3=O)[C@@H](CC3CCC(C(F)(F)F)CC3)C(=O)N(C)CC(=O)N[C@@H](CCC3CCC4SCCC4C3)C(=O)N2C1. The number of thioether (sulfide) groups is 1. The maximum absolute atomic E-state index is 15.7. The first-order chi connectivity index (χ1) is 49.5. The van der Waals surface area contributed by atoms with E-state index in [0.717, 1.165) is 41.2 Å². The van der Waals surface area contributed by atoms with Gasteiger partial charge in [0.25, 0.3) is 0 Å². The van der Waals surface area contributed by atoms with Crippen LogP contribution in [0.25, 0.3) is 0 Å². The van der Waals surface area contributed by atoms with Gasteiger partial charge in [-0.3, -0.25) is 57.5 Å². The Morgan fingerprint density at radius 1 is 0.676 bits per heavy atom. The molecule has 3 unspecified atom stereocenters. The second kappa shape index (κ2) is 38.0. The van der Waals surface area contributed by atoms with Gasteiger partial charge in [-0.2, -0.15) is 24.9 Å². The lowest BCUT2D eigenvalue weighted by Crippen LogP contribution is -2.68. The number of nitrogens with zero attached hydrogens (tertiary/aromatic N) is 9. The summed E-state index contributed by atoms with van der Waals surface area (Å²) in [5.74, 6) is -9.30. The highest BCUT2D eigenvalue weighted by atomic mass is 32.2. The predicted octanol–water partition coefficient (Wildman–Crippen LogP) is 6.25. The molecule has 4 aliphatic heterocycles. The van der Waals surface area contributed by atoms with Crippen molar-refractivity contribution in [3.05, 3.63) is 12.2 Å². The van der Waals surface area contributed by atoms with Gasteiger partial charge in [-0.05, 0) is 157 Å². The summed E-state index contributed by atoms with van der Waals surface area (Å²) in [6.45, 7) is 11.8. The lowest BCUT2D eigenvalue weighted by Gasteiger charge is -2.47. The maximum Gasteiger partial charge on any atom is 0.391 e. The van der Waals surface area contributed by atoms with Gasteiger partial charge >= 0.3 is 6.18 Å². The normalized spacial score (nSPS) is 31.3. The van der Waals surface area contributed by atoms with Gasteiger partial charge in [-0.15, -0.1) is 0 Å². The highest BCUT2D eigenvalue weighted by Crippen LogP contribution is 2.46. The van der Waals surface area contributed by atoms with Gasteiger partial charge in [0.05, 0.1) is 31.5 Å². The summed E-state index contributed by atoms with van der Waals surface area (Å²) in [6, 6.07) is -10.2. The minimum atomic E-state index is -4.43. The largest absolute Gasteiger partial charge is 0.391 e.